The molecule has 1 heterocycles. The van der Waals surface area contributed by atoms with Crippen LogP contribution >= 0.6 is 0 Å². The molecule has 2 aromatic carbocycles. The van der Waals surface area contributed by atoms with Gasteiger partial charge >= 0.3 is 17.3 Å². The summed E-state index contributed by atoms with van der Waals surface area (Å²) in [7, 11) is 1.39. The number of rotatable bonds is 8. The van der Waals surface area contributed by atoms with E-state index in [-0.39, 0.29) is 35.8 Å². The van der Waals surface area contributed by atoms with Crippen LogP contribution in [0.3, 0.4) is 0 Å². The van der Waals surface area contributed by atoms with Gasteiger partial charge in [0.1, 0.15) is 5.75 Å². The monoisotopic (exact) mass is 399 g/mol. The molecule has 0 aliphatic carbocycles. The predicted molar refractivity (Wildman–Crippen MR) is 106 cm³/mol. The summed E-state index contributed by atoms with van der Waals surface area (Å²) in [4.78, 5) is 35.6. The van der Waals surface area contributed by atoms with E-state index < -0.39 is 10.9 Å². The maximum absolute atomic E-state index is 12.7. The summed E-state index contributed by atoms with van der Waals surface area (Å²) in [6, 6.07) is 11.3. The van der Waals surface area contributed by atoms with Crippen LogP contribution in [0, 0.1) is 10.1 Å². The summed E-state index contributed by atoms with van der Waals surface area (Å²) in [6.07, 6.45) is 0.695. The minimum absolute atomic E-state index is 0.108. The molecule has 0 saturated carbocycles. The number of hydrogen-bond donors (Lipinski definition) is 0. The van der Waals surface area contributed by atoms with Gasteiger partial charge in [-0.25, -0.2) is 4.79 Å². The van der Waals surface area contributed by atoms with Crippen molar-refractivity contribution in [3.8, 4) is 11.5 Å². The Morgan fingerprint density at radius 1 is 1.10 bits per heavy atom. The number of para-hydroxylation sites is 2. The van der Waals surface area contributed by atoms with Crippen molar-refractivity contribution in [1.29, 1.82) is 0 Å². The van der Waals surface area contributed by atoms with Crippen molar-refractivity contribution in [2.45, 2.75) is 32.9 Å². The molecular weight excluding hydrogens is 378 g/mol. The van der Waals surface area contributed by atoms with Crippen molar-refractivity contribution < 1.29 is 19.2 Å². The predicted octanol–water partition coefficient (Wildman–Crippen LogP) is 3.13. The third kappa shape index (κ3) is 4.13. The molecular formula is C20H21N3O6. The zero-order valence-corrected chi connectivity index (χ0v) is 16.2. The van der Waals surface area contributed by atoms with E-state index >= 15 is 0 Å². The molecule has 0 spiro atoms. The van der Waals surface area contributed by atoms with Gasteiger partial charge in [0.2, 0.25) is 5.75 Å². The normalized spacial score (nSPS) is 10.8. The van der Waals surface area contributed by atoms with Crippen molar-refractivity contribution in [3.05, 3.63) is 63.1 Å². The molecule has 0 aliphatic heterocycles. The highest BCUT2D eigenvalue weighted by molar-refractivity contribution is 5.77. The van der Waals surface area contributed by atoms with Gasteiger partial charge in [-0.15, -0.1) is 0 Å². The van der Waals surface area contributed by atoms with E-state index in [1.54, 1.807) is 4.57 Å². The minimum Gasteiger partial charge on any atom is -0.496 e. The van der Waals surface area contributed by atoms with Crippen molar-refractivity contribution >= 4 is 22.7 Å². The molecule has 0 fully saturated rings. The number of imidazole rings is 1. The zero-order chi connectivity index (χ0) is 21.0. The smallest absolute Gasteiger partial charge is 0.329 e. The average molecular weight is 399 g/mol. The molecule has 152 valence electrons. The molecule has 0 aliphatic rings. The Bertz CT molecular complexity index is 1120. The number of methoxy groups -OCH3 is 1. The molecule has 1 aromatic heterocycles. The molecule has 9 nitrogen and oxygen atoms in total. The average Bonchev–Trinajstić information content (AvgIpc) is 2.98. The fourth-order valence-corrected chi connectivity index (χ4v) is 3.16. The van der Waals surface area contributed by atoms with Gasteiger partial charge in [0.05, 0.1) is 35.6 Å². The van der Waals surface area contributed by atoms with Gasteiger partial charge in [-0.05, 0) is 30.7 Å². The summed E-state index contributed by atoms with van der Waals surface area (Å²) in [5.74, 6) is -0.550. The highest BCUT2D eigenvalue weighted by Crippen LogP contribution is 2.31. The van der Waals surface area contributed by atoms with Gasteiger partial charge in [-0.1, -0.05) is 19.1 Å². The molecule has 3 aromatic rings. The number of benzene rings is 2. The van der Waals surface area contributed by atoms with Gasteiger partial charge in [0.15, 0.2) is 0 Å². The molecule has 9 heteroatoms. The number of ether oxygens (including phenoxy) is 2. The first kappa shape index (κ1) is 20.1. The van der Waals surface area contributed by atoms with Crippen LogP contribution in [0.2, 0.25) is 0 Å². The number of carbonyl (C=O) groups is 1. The number of fused-ring (bicyclic) bond motifs is 1. The molecule has 0 N–H and O–H groups in total. The lowest BCUT2D eigenvalue weighted by atomic mass is 10.2. The quantitative estimate of drug-likeness (QED) is 0.249. The third-order valence-electron chi connectivity index (χ3n) is 4.50. The highest BCUT2D eigenvalue weighted by Gasteiger charge is 2.20. The first-order valence-electron chi connectivity index (χ1n) is 9.17. The van der Waals surface area contributed by atoms with Gasteiger partial charge in [0.25, 0.3) is 0 Å². The van der Waals surface area contributed by atoms with E-state index in [9.17, 15) is 19.7 Å². The summed E-state index contributed by atoms with van der Waals surface area (Å²) in [6.45, 7) is 2.67. The lowest BCUT2D eigenvalue weighted by Gasteiger charge is -2.07. The fourth-order valence-electron chi connectivity index (χ4n) is 3.16. The Kier molecular flexibility index (Phi) is 5.96. The summed E-state index contributed by atoms with van der Waals surface area (Å²) in [5, 5.41) is 11.2. The van der Waals surface area contributed by atoms with Crippen LogP contribution in [0.5, 0.6) is 11.5 Å². The molecule has 0 radical (unpaired) electrons. The van der Waals surface area contributed by atoms with Crippen molar-refractivity contribution in [3.63, 3.8) is 0 Å². The van der Waals surface area contributed by atoms with Gasteiger partial charge in [-0.3, -0.25) is 24.0 Å². The number of aryl methyl sites for hydroxylation is 2. The first-order valence-corrected chi connectivity index (χ1v) is 9.17. The molecule has 0 atom stereocenters. The highest BCUT2D eigenvalue weighted by atomic mass is 16.6. The number of hydrogen-bond acceptors (Lipinski definition) is 6. The number of nitro benzene ring substituents is 1. The largest absolute Gasteiger partial charge is 0.496 e. The third-order valence-corrected chi connectivity index (χ3v) is 4.50. The van der Waals surface area contributed by atoms with Crippen LogP contribution in [-0.2, 0) is 17.9 Å². The molecule has 0 unspecified atom stereocenters. The Hall–Kier alpha value is -3.62. The van der Waals surface area contributed by atoms with Crippen molar-refractivity contribution in [2.24, 2.45) is 0 Å². The SMILES string of the molecule is CCCn1c(=O)n(CCC(=O)Oc2ccc(OC)cc2[N+](=O)[O-])c2ccccc21. The van der Waals surface area contributed by atoms with E-state index in [2.05, 4.69) is 0 Å². The van der Waals surface area contributed by atoms with E-state index in [4.69, 9.17) is 9.47 Å². The van der Waals surface area contributed by atoms with Crippen LogP contribution in [0.15, 0.2) is 47.3 Å². The Morgan fingerprint density at radius 2 is 1.76 bits per heavy atom. The Labute approximate surface area is 166 Å². The van der Waals surface area contributed by atoms with Crippen LogP contribution in [0.25, 0.3) is 11.0 Å². The fraction of sp³-hybridized carbons (Fsp3) is 0.300. The molecule has 0 amide bonds. The van der Waals surface area contributed by atoms with Crippen LogP contribution in [0.1, 0.15) is 19.8 Å². The second-order valence-electron chi connectivity index (χ2n) is 6.39. The number of nitro groups is 1. The number of aromatic nitrogens is 2. The number of carbonyl (C=O) groups excluding carboxylic acids is 1. The number of esters is 1. The van der Waals surface area contributed by atoms with Crippen LogP contribution in [0.4, 0.5) is 5.69 Å². The van der Waals surface area contributed by atoms with E-state index in [1.165, 1.54) is 29.9 Å². The maximum Gasteiger partial charge on any atom is 0.329 e. The summed E-state index contributed by atoms with van der Waals surface area (Å²) >= 11 is 0. The topological polar surface area (TPSA) is 106 Å². The molecule has 0 saturated heterocycles. The minimum atomic E-state index is -0.669. The van der Waals surface area contributed by atoms with Crippen LogP contribution in [-0.4, -0.2) is 27.1 Å². The molecule has 3 rings (SSSR count). The van der Waals surface area contributed by atoms with E-state index in [1.807, 2.05) is 31.2 Å². The van der Waals surface area contributed by atoms with E-state index in [0.717, 1.165) is 17.5 Å². The van der Waals surface area contributed by atoms with Crippen LogP contribution < -0.4 is 15.2 Å². The van der Waals surface area contributed by atoms with Crippen molar-refractivity contribution in [2.75, 3.05) is 7.11 Å². The van der Waals surface area contributed by atoms with Gasteiger partial charge in [0, 0.05) is 13.1 Å². The lowest BCUT2D eigenvalue weighted by molar-refractivity contribution is -0.385. The lowest BCUT2D eigenvalue weighted by Crippen LogP contribution is -2.25. The second kappa shape index (κ2) is 8.59. The van der Waals surface area contributed by atoms with Crippen molar-refractivity contribution in [1.82, 2.24) is 9.13 Å². The summed E-state index contributed by atoms with van der Waals surface area (Å²) in [5.41, 5.74) is 0.971. The Balaban J connectivity index is 1.80. The molecule has 0 bridgehead atoms. The second-order valence-corrected chi connectivity index (χ2v) is 6.39. The zero-order valence-electron chi connectivity index (χ0n) is 16.2. The standard InChI is InChI=1S/C20H21N3O6/c1-3-11-21-15-6-4-5-7-16(15)22(20(21)25)12-10-19(24)29-18-9-8-14(28-2)13-17(18)23(26)27/h4-9,13H,3,10-12H2,1-2H3. The van der Waals surface area contributed by atoms with E-state index in [0.29, 0.717) is 6.54 Å². The van der Waals surface area contributed by atoms with Gasteiger partial charge < -0.3 is 9.47 Å². The number of nitrogens with zero attached hydrogens (tertiary/aromatic N) is 3. The summed E-state index contributed by atoms with van der Waals surface area (Å²) < 4.78 is 13.3. The van der Waals surface area contributed by atoms with Gasteiger partial charge in [-0.2, -0.15) is 0 Å². The maximum atomic E-state index is 12.7. The Morgan fingerprint density at radius 3 is 2.34 bits per heavy atom. The first-order chi connectivity index (χ1) is 14.0. The molecule has 29 heavy (non-hydrogen) atoms.